The predicted molar refractivity (Wildman–Crippen MR) is 52.3 cm³/mol. The molecule has 0 heterocycles. The van der Waals surface area contributed by atoms with Gasteiger partial charge >= 0.3 is 0 Å². The van der Waals surface area contributed by atoms with Crippen LogP contribution in [0.4, 0.5) is 0 Å². The van der Waals surface area contributed by atoms with Crippen molar-refractivity contribution in [2.75, 3.05) is 0 Å². The van der Waals surface area contributed by atoms with Crippen molar-refractivity contribution in [2.45, 2.75) is 57.8 Å². The molecule has 12 heavy (non-hydrogen) atoms. The average molecular weight is 190 g/mol. The summed E-state index contributed by atoms with van der Waals surface area (Å²) in [4.78, 5) is 0. The van der Waals surface area contributed by atoms with Gasteiger partial charge in [0.1, 0.15) is 0 Å². The number of hydrogen-bond donors (Lipinski definition) is 1. The minimum absolute atomic E-state index is 0.199. The zero-order chi connectivity index (χ0) is 8.97. The average Bonchev–Trinajstić information content (AvgIpc) is 2.04. The second kappa shape index (κ2) is 5.10. The molecule has 1 saturated carbocycles. The fourth-order valence-corrected chi connectivity index (χ4v) is 1.93. The van der Waals surface area contributed by atoms with Crippen molar-refractivity contribution in [1.82, 2.24) is 0 Å². The summed E-state index contributed by atoms with van der Waals surface area (Å²) < 4.78 is 10.8. The van der Waals surface area contributed by atoms with Crippen LogP contribution in [-0.4, -0.2) is 18.3 Å². The first-order valence-corrected chi connectivity index (χ1v) is 5.06. The number of hydrogen-bond acceptors (Lipinski definition) is 3. The molecule has 0 N–H and O–H groups in total. The summed E-state index contributed by atoms with van der Waals surface area (Å²) in [6.07, 6.45) is 5.44. The molecule has 72 valence electrons. The van der Waals surface area contributed by atoms with Crippen LogP contribution in [0.2, 0.25) is 0 Å². The topological polar surface area (TPSA) is 18.5 Å². The molecule has 0 radical (unpaired) electrons. The van der Waals surface area contributed by atoms with E-state index in [0.717, 1.165) is 12.8 Å². The largest absolute Gasteiger partial charge is 0.373 e. The Bertz CT molecular complexity index is 128. The van der Waals surface area contributed by atoms with E-state index in [1.54, 1.807) is 0 Å². The lowest BCUT2D eigenvalue weighted by molar-refractivity contribution is -0.0673. The van der Waals surface area contributed by atoms with Gasteiger partial charge in [-0.05, 0) is 39.6 Å². The third kappa shape index (κ3) is 2.96. The zero-order valence-corrected chi connectivity index (χ0v) is 8.72. The summed E-state index contributed by atoms with van der Waals surface area (Å²) in [6, 6.07) is 0. The van der Waals surface area contributed by atoms with Gasteiger partial charge in [0.25, 0.3) is 0 Å². The van der Waals surface area contributed by atoms with Crippen LogP contribution < -0.4 is 0 Å². The Kier molecular flexibility index (Phi) is 4.40. The van der Waals surface area contributed by atoms with Crippen molar-refractivity contribution in [2.24, 2.45) is 0 Å². The summed E-state index contributed by atoms with van der Waals surface area (Å²) in [7, 11) is 0. The highest BCUT2D eigenvalue weighted by molar-refractivity contribution is 7.75. The first kappa shape index (κ1) is 10.4. The Hall–Kier alpha value is 0.270. The van der Waals surface area contributed by atoms with Gasteiger partial charge < -0.3 is 8.92 Å². The lowest BCUT2D eigenvalue weighted by Crippen LogP contribution is -2.34. The monoisotopic (exact) mass is 190 g/mol. The maximum Gasteiger partial charge on any atom is 0.0980 e. The smallest absolute Gasteiger partial charge is 0.0980 e. The van der Waals surface area contributed by atoms with Crippen LogP contribution in [0.3, 0.4) is 0 Å². The molecule has 1 fully saturated rings. The van der Waals surface area contributed by atoms with E-state index in [1.165, 1.54) is 12.8 Å². The normalized spacial score (nSPS) is 31.0. The van der Waals surface area contributed by atoms with Gasteiger partial charge in [0.2, 0.25) is 0 Å². The fourth-order valence-electron chi connectivity index (χ4n) is 1.69. The first-order valence-electron chi connectivity index (χ1n) is 4.69. The Balaban J connectivity index is 2.36. The third-order valence-corrected chi connectivity index (χ3v) is 2.50. The van der Waals surface area contributed by atoms with E-state index in [-0.39, 0.29) is 12.2 Å². The molecule has 0 aromatic rings. The van der Waals surface area contributed by atoms with Gasteiger partial charge in [-0.15, -0.1) is 0 Å². The summed E-state index contributed by atoms with van der Waals surface area (Å²) >= 11 is 3.87. The summed E-state index contributed by atoms with van der Waals surface area (Å²) in [5.74, 6) is 0. The highest BCUT2D eigenvalue weighted by atomic mass is 32.1. The standard InChI is InChI=1S/C9H18O2S/c1-7(2)10-8-5-3-4-6-9(8)11-12/h7-9,12H,3-6H2,1-2H3/t8-,9-/m1/s1. The van der Waals surface area contributed by atoms with E-state index in [9.17, 15) is 0 Å². The zero-order valence-electron chi connectivity index (χ0n) is 7.82. The van der Waals surface area contributed by atoms with Crippen molar-refractivity contribution in [3.8, 4) is 0 Å². The van der Waals surface area contributed by atoms with Crippen molar-refractivity contribution >= 4 is 12.9 Å². The van der Waals surface area contributed by atoms with Crippen LogP contribution in [0.1, 0.15) is 39.5 Å². The van der Waals surface area contributed by atoms with Crippen LogP contribution in [-0.2, 0) is 8.92 Å². The lowest BCUT2D eigenvalue weighted by atomic mass is 9.95. The molecule has 1 aliphatic carbocycles. The van der Waals surface area contributed by atoms with Crippen molar-refractivity contribution < 1.29 is 8.92 Å². The number of thiol groups is 1. The molecule has 2 nitrogen and oxygen atoms in total. The van der Waals surface area contributed by atoms with E-state index < -0.39 is 0 Å². The summed E-state index contributed by atoms with van der Waals surface area (Å²) in [6.45, 7) is 4.12. The second-order valence-corrected chi connectivity index (χ2v) is 3.86. The van der Waals surface area contributed by atoms with Gasteiger partial charge in [0.05, 0.1) is 18.3 Å². The Morgan fingerprint density at radius 1 is 1.17 bits per heavy atom. The van der Waals surface area contributed by atoms with Crippen LogP contribution in [0.25, 0.3) is 0 Å². The summed E-state index contributed by atoms with van der Waals surface area (Å²) in [5, 5.41) is 0. The minimum Gasteiger partial charge on any atom is -0.373 e. The van der Waals surface area contributed by atoms with Crippen molar-refractivity contribution in [3.05, 3.63) is 0 Å². The van der Waals surface area contributed by atoms with E-state index in [2.05, 4.69) is 26.8 Å². The van der Waals surface area contributed by atoms with Gasteiger partial charge in [-0.3, -0.25) is 0 Å². The quantitative estimate of drug-likeness (QED) is 0.544. The first-order chi connectivity index (χ1) is 5.74. The van der Waals surface area contributed by atoms with Gasteiger partial charge in [0, 0.05) is 0 Å². The van der Waals surface area contributed by atoms with Gasteiger partial charge in [0.15, 0.2) is 0 Å². The molecule has 0 aromatic heterocycles. The van der Waals surface area contributed by atoms with E-state index >= 15 is 0 Å². The molecule has 2 atom stereocenters. The van der Waals surface area contributed by atoms with Crippen molar-refractivity contribution in [1.29, 1.82) is 0 Å². The minimum atomic E-state index is 0.199. The molecule has 0 saturated heterocycles. The molecular formula is C9H18O2S. The van der Waals surface area contributed by atoms with E-state index in [1.807, 2.05) is 0 Å². The Morgan fingerprint density at radius 2 is 1.75 bits per heavy atom. The number of rotatable bonds is 3. The fraction of sp³-hybridized carbons (Fsp3) is 1.00. The molecule has 0 amide bonds. The lowest BCUT2D eigenvalue weighted by Gasteiger charge is -2.30. The Morgan fingerprint density at radius 3 is 2.25 bits per heavy atom. The highest BCUT2D eigenvalue weighted by Gasteiger charge is 2.26. The van der Waals surface area contributed by atoms with Crippen LogP contribution in [0.15, 0.2) is 0 Å². The van der Waals surface area contributed by atoms with E-state index in [4.69, 9.17) is 8.92 Å². The van der Waals surface area contributed by atoms with Crippen LogP contribution in [0, 0.1) is 0 Å². The van der Waals surface area contributed by atoms with Crippen LogP contribution >= 0.6 is 12.9 Å². The van der Waals surface area contributed by atoms with Gasteiger partial charge in [-0.1, -0.05) is 12.8 Å². The summed E-state index contributed by atoms with van der Waals surface area (Å²) in [5.41, 5.74) is 0. The SMILES string of the molecule is CC(C)O[C@@H]1CCCC[C@H]1OS. The molecule has 3 heteroatoms. The Labute approximate surface area is 80.2 Å². The molecule has 0 aromatic carbocycles. The van der Waals surface area contributed by atoms with E-state index in [0.29, 0.717) is 6.10 Å². The predicted octanol–water partition coefficient (Wildman–Crippen LogP) is 2.58. The molecule has 1 aliphatic rings. The molecule has 1 rings (SSSR count). The molecule has 0 bridgehead atoms. The second-order valence-electron chi connectivity index (χ2n) is 3.65. The van der Waals surface area contributed by atoms with Gasteiger partial charge in [-0.25, -0.2) is 0 Å². The van der Waals surface area contributed by atoms with Crippen LogP contribution in [0.5, 0.6) is 0 Å². The molecule has 0 aliphatic heterocycles. The van der Waals surface area contributed by atoms with Crippen molar-refractivity contribution in [3.63, 3.8) is 0 Å². The maximum atomic E-state index is 5.72. The molecular weight excluding hydrogens is 172 g/mol. The third-order valence-electron chi connectivity index (χ3n) is 2.22. The molecule has 0 unspecified atom stereocenters. The highest BCUT2D eigenvalue weighted by Crippen LogP contribution is 2.25. The van der Waals surface area contributed by atoms with Gasteiger partial charge in [-0.2, -0.15) is 0 Å². The number of ether oxygens (including phenoxy) is 1. The maximum absolute atomic E-state index is 5.72. The molecule has 0 spiro atoms.